The summed E-state index contributed by atoms with van der Waals surface area (Å²) in [6.45, 7) is 6.31. The first-order chi connectivity index (χ1) is 18.1. The summed E-state index contributed by atoms with van der Waals surface area (Å²) in [6, 6.07) is -4.90. The molecule has 0 aromatic carbocycles. The van der Waals surface area contributed by atoms with Crippen LogP contribution in [0.4, 0.5) is 0 Å². The molecule has 0 aliphatic rings. The molecule has 0 radical (unpaired) electrons. The number of carbonyl (C=O) groups is 7. The van der Waals surface area contributed by atoms with Crippen LogP contribution in [0, 0.1) is 11.8 Å². The number of rotatable bonds is 19. The van der Waals surface area contributed by atoms with E-state index in [1.807, 2.05) is 6.92 Å². The Balaban J connectivity index is 5.35. The Morgan fingerprint density at radius 1 is 0.692 bits per heavy atom. The maximum absolute atomic E-state index is 12.8. The topological polar surface area (TPSA) is 254 Å². The smallest absolute Gasteiger partial charge is 0.326 e. The van der Waals surface area contributed by atoms with Crippen molar-refractivity contribution in [3.63, 3.8) is 0 Å². The highest BCUT2D eigenvalue weighted by molar-refractivity contribution is 5.94. The first-order valence-corrected chi connectivity index (χ1v) is 12.7. The predicted molar refractivity (Wildman–Crippen MR) is 137 cm³/mol. The maximum atomic E-state index is 12.8. The Morgan fingerprint density at radius 3 is 1.64 bits per heavy atom. The van der Waals surface area contributed by atoms with E-state index in [1.165, 1.54) is 0 Å². The normalized spacial score (nSPS) is 15.4. The van der Waals surface area contributed by atoms with Crippen LogP contribution in [0.5, 0.6) is 0 Å². The zero-order chi connectivity index (χ0) is 30.3. The molecular weight excluding hydrogens is 518 g/mol. The van der Waals surface area contributed by atoms with E-state index >= 15 is 0 Å². The van der Waals surface area contributed by atoms with Gasteiger partial charge in [-0.15, -0.1) is 0 Å². The largest absolute Gasteiger partial charge is 0.481 e. The van der Waals surface area contributed by atoms with Crippen molar-refractivity contribution in [2.75, 3.05) is 6.54 Å². The number of aliphatic carboxylic acids is 3. The number of nitrogens with one attached hydrogen (secondary N) is 4. The van der Waals surface area contributed by atoms with Gasteiger partial charge in [-0.3, -0.25) is 28.8 Å². The van der Waals surface area contributed by atoms with E-state index in [1.54, 1.807) is 20.8 Å². The van der Waals surface area contributed by atoms with Gasteiger partial charge in [-0.25, -0.2) is 4.79 Å². The summed E-state index contributed by atoms with van der Waals surface area (Å²) in [4.78, 5) is 83.6. The average Bonchev–Trinajstić information content (AvgIpc) is 2.88. The van der Waals surface area contributed by atoms with Crippen molar-refractivity contribution < 1.29 is 48.9 Å². The molecule has 0 aromatic heterocycles. The van der Waals surface area contributed by atoms with Gasteiger partial charge in [0.15, 0.2) is 0 Å². The van der Waals surface area contributed by atoms with Crippen molar-refractivity contribution in [3.8, 4) is 0 Å². The van der Waals surface area contributed by atoms with Crippen LogP contribution in [-0.4, -0.2) is 87.6 Å². The zero-order valence-electron chi connectivity index (χ0n) is 22.7. The van der Waals surface area contributed by atoms with E-state index in [-0.39, 0.29) is 18.8 Å². The zero-order valence-corrected chi connectivity index (χ0v) is 22.7. The van der Waals surface area contributed by atoms with E-state index < -0.39 is 91.0 Å². The minimum atomic E-state index is -1.49. The van der Waals surface area contributed by atoms with E-state index in [4.69, 9.17) is 15.9 Å². The molecule has 222 valence electrons. The molecule has 0 bridgehead atoms. The standard InChI is InChI=1S/C24H41N5O10/c1-5-12(3)19(25)22(36)27-14(7-9-17(31)32)21(35)26-11-16(30)29-20(13(4)6-2)23(37)28-15(24(38)39)8-10-18(33)34/h12-15,19-20H,5-11,25H2,1-4H3,(H,26,35)(H,27,36)(H,28,37)(H,29,30)(H,31,32)(H,33,34)(H,38,39)/t12-,13-,14-,15-,19-,20-/m0/s1. The van der Waals surface area contributed by atoms with Gasteiger partial charge in [-0.1, -0.05) is 40.5 Å². The number of carboxylic acids is 3. The number of hydrogen-bond donors (Lipinski definition) is 8. The third-order valence-electron chi connectivity index (χ3n) is 6.34. The molecule has 4 amide bonds. The fourth-order valence-corrected chi connectivity index (χ4v) is 3.32. The summed E-state index contributed by atoms with van der Waals surface area (Å²) in [5.74, 6) is -7.66. The Hall–Kier alpha value is -3.75. The van der Waals surface area contributed by atoms with Gasteiger partial charge in [0.1, 0.15) is 18.1 Å². The van der Waals surface area contributed by atoms with Gasteiger partial charge in [-0.05, 0) is 24.7 Å². The van der Waals surface area contributed by atoms with Crippen molar-refractivity contribution >= 4 is 41.5 Å². The molecule has 6 atom stereocenters. The van der Waals surface area contributed by atoms with Gasteiger partial charge in [0.25, 0.3) is 0 Å². The molecule has 15 nitrogen and oxygen atoms in total. The van der Waals surface area contributed by atoms with Crippen LogP contribution in [0.3, 0.4) is 0 Å². The minimum absolute atomic E-state index is 0.201. The molecule has 9 N–H and O–H groups in total. The number of carboxylic acid groups (broad SMARTS) is 3. The van der Waals surface area contributed by atoms with Gasteiger partial charge in [0.2, 0.25) is 23.6 Å². The molecule has 0 unspecified atom stereocenters. The molecule has 39 heavy (non-hydrogen) atoms. The Labute approximate surface area is 226 Å². The third kappa shape index (κ3) is 13.6. The molecule has 0 aliphatic heterocycles. The first kappa shape index (κ1) is 35.2. The molecule has 0 fully saturated rings. The van der Waals surface area contributed by atoms with Crippen LogP contribution in [0.25, 0.3) is 0 Å². The Bertz CT molecular complexity index is 897. The third-order valence-corrected chi connectivity index (χ3v) is 6.34. The first-order valence-electron chi connectivity index (χ1n) is 12.7. The highest BCUT2D eigenvalue weighted by Gasteiger charge is 2.31. The second-order valence-corrected chi connectivity index (χ2v) is 9.39. The van der Waals surface area contributed by atoms with E-state index in [0.29, 0.717) is 12.8 Å². The molecule has 0 spiro atoms. The van der Waals surface area contributed by atoms with Crippen LogP contribution in [0.2, 0.25) is 0 Å². The summed E-state index contributed by atoms with van der Waals surface area (Å²) in [6.07, 6.45) is -0.544. The van der Waals surface area contributed by atoms with Crippen LogP contribution >= 0.6 is 0 Å². The van der Waals surface area contributed by atoms with Crippen molar-refractivity contribution in [3.05, 3.63) is 0 Å². The van der Waals surface area contributed by atoms with Crippen molar-refractivity contribution in [1.82, 2.24) is 21.3 Å². The molecule has 0 heterocycles. The maximum Gasteiger partial charge on any atom is 0.326 e. The van der Waals surface area contributed by atoms with E-state index in [0.717, 1.165) is 0 Å². The number of carbonyl (C=O) groups excluding carboxylic acids is 4. The Kier molecular flexibility index (Phi) is 16.0. The van der Waals surface area contributed by atoms with E-state index in [9.17, 15) is 38.7 Å². The second-order valence-electron chi connectivity index (χ2n) is 9.39. The molecular formula is C24H41N5O10. The van der Waals surface area contributed by atoms with Gasteiger partial charge >= 0.3 is 17.9 Å². The molecule has 15 heteroatoms. The minimum Gasteiger partial charge on any atom is -0.481 e. The van der Waals surface area contributed by atoms with Crippen molar-refractivity contribution in [2.45, 2.75) is 90.4 Å². The number of amides is 4. The fourth-order valence-electron chi connectivity index (χ4n) is 3.32. The van der Waals surface area contributed by atoms with Crippen LogP contribution in [0.1, 0.15) is 66.2 Å². The quantitative estimate of drug-likeness (QED) is 0.0931. The molecule has 0 aromatic rings. The molecule has 0 saturated heterocycles. The fraction of sp³-hybridized carbons (Fsp3) is 0.708. The number of hydrogen-bond acceptors (Lipinski definition) is 8. The van der Waals surface area contributed by atoms with E-state index in [2.05, 4.69) is 21.3 Å². The van der Waals surface area contributed by atoms with Gasteiger partial charge in [-0.2, -0.15) is 0 Å². The van der Waals surface area contributed by atoms with Crippen LogP contribution < -0.4 is 27.0 Å². The summed E-state index contributed by atoms with van der Waals surface area (Å²) in [7, 11) is 0. The number of nitrogens with two attached hydrogens (primary N) is 1. The lowest BCUT2D eigenvalue weighted by Crippen LogP contribution is -2.57. The molecule has 0 rings (SSSR count). The van der Waals surface area contributed by atoms with Gasteiger partial charge in [0.05, 0.1) is 12.6 Å². The van der Waals surface area contributed by atoms with Crippen LogP contribution in [0.15, 0.2) is 0 Å². The SMILES string of the molecule is CC[C@H](C)[C@H](N)C(=O)N[C@@H](CCC(=O)O)C(=O)NCC(=O)N[C@H](C(=O)N[C@@H](CCC(=O)O)C(=O)O)[C@@H](C)CC. The predicted octanol–water partition coefficient (Wildman–Crippen LogP) is -1.21. The molecule has 0 saturated carbocycles. The highest BCUT2D eigenvalue weighted by atomic mass is 16.4. The summed E-state index contributed by atoms with van der Waals surface area (Å²) < 4.78 is 0. The van der Waals surface area contributed by atoms with Gasteiger partial charge in [0, 0.05) is 12.8 Å². The summed E-state index contributed by atoms with van der Waals surface area (Å²) in [5.41, 5.74) is 5.88. The lowest BCUT2D eigenvalue weighted by Gasteiger charge is -2.26. The summed E-state index contributed by atoms with van der Waals surface area (Å²) in [5, 5.41) is 36.4. The second kappa shape index (κ2) is 17.7. The monoisotopic (exact) mass is 559 g/mol. The van der Waals surface area contributed by atoms with Crippen LogP contribution in [-0.2, 0) is 33.6 Å². The lowest BCUT2D eigenvalue weighted by atomic mass is 9.97. The average molecular weight is 560 g/mol. The van der Waals surface area contributed by atoms with Gasteiger partial charge < -0.3 is 42.3 Å². The highest BCUT2D eigenvalue weighted by Crippen LogP contribution is 2.10. The Morgan fingerprint density at radius 2 is 1.18 bits per heavy atom. The summed E-state index contributed by atoms with van der Waals surface area (Å²) >= 11 is 0. The van der Waals surface area contributed by atoms with Crippen molar-refractivity contribution in [1.29, 1.82) is 0 Å². The molecule has 0 aliphatic carbocycles. The lowest BCUT2D eigenvalue weighted by molar-refractivity contribution is -0.144. The van der Waals surface area contributed by atoms with Crippen molar-refractivity contribution in [2.24, 2.45) is 17.6 Å².